The monoisotopic (exact) mass is 468 g/mol. The molecule has 0 spiro atoms. The van der Waals surface area contributed by atoms with Gasteiger partial charge in [-0.1, -0.05) is 52.0 Å². The standard InChI is InChI=1S/C26H32N2O2S2/c1-25(2,17-11-19(27)23(29)21(13-17)31-5)15-8-7-9-16(10-15)26(3,4)18-12-20(28)24(30)22(14-18)32-6/h7-14,29-30H,27-28H2,1-6H3. The van der Waals surface area contributed by atoms with Crippen LogP contribution in [-0.4, -0.2) is 22.7 Å². The van der Waals surface area contributed by atoms with Crippen LogP contribution in [0.25, 0.3) is 0 Å². The molecule has 0 amide bonds. The molecule has 0 aliphatic rings. The van der Waals surface area contributed by atoms with Gasteiger partial charge in [0, 0.05) is 10.8 Å². The minimum atomic E-state index is -0.323. The predicted octanol–water partition coefficient (Wildman–Crippen LogP) is 6.36. The number of thioether (sulfide) groups is 2. The lowest BCUT2D eigenvalue weighted by atomic mass is 9.73. The molecule has 0 saturated heterocycles. The van der Waals surface area contributed by atoms with E-state index in [0.717, 1.165) is 32.0 Å². The van der Waals surface area contributed by atoms with Crippen molar-refractivity contribution >= 4 is 34.9 Å². The lowest BCUT2D eigenvalue weighted by Gasteiger charge is -2.31. The van der Waals surface area contributed by atoms with Crippen LogP contribution in [0.15, 0.2) is 58.3 Å². The second-order valence-corrected chi connectivity index (χ2v) is 10.8. The van der Waals surface area contributed by atoms with Crippen molar-refractivity contribution in [3.05, 3.63) is 70.8 Å². The van der Waals surface area contributed by atoms with Crippen molar-refractivity contribution in [3.63, 3.8) is 0 Å². The Morgan fingerprint density at radius 1 is 0.625 bits per heavy atom. The first kappa shape index (κ1) is 24.2. The van der Waals surface area contributed by atoms with E-state index < -0.39 is 0 Å². The number of hydrogen-bond donors (Lipinski definition) is 4. The molecule has 0 atom stereocenters. The molecule has 32 heavy (non-hydrogen) atoms. The minimum Gasteiger partial charge on any atom is -0.505 e. The third-order valence-electron chi connectivity index (χ3n) is 6.40. The molecule has 0 saturated carbocycles. The molecule has 0 aromatic heterocycles. The maximum atomic E-state index is 10.2. The van der Waals surface area contributed by atoms with Gasteiger partial charge in [-0.05, 0) is 59.0 Å². The molecular formula is C26H32N2O2S2. The third kappa shape index (κ3) is 4.26. The van der Waals surface area contributed by atoms with Crippen molar-refractivity contribution < 1.29 is 10.2 Å². The van der Waals surface area contributed by atoms with Crippen LogP contribution in [0.4, 0.5) is 11.4 Å². The molecule has 0 heterocycles. The van der Waals surface area contributed by atoms with Crippen LogP contribution < -0.4 is 11.5 Å². The van der Waals surface area contributed by atoms with E-state index in [0.29, 0.717) is 11.4 Å². The first-order valence-corrected chi connectivity index (χ1v) is 12.8. The summed E-state index contributed by atoms with van der Waals surface area (Å²) in [6, 6.07) is 16.3. The predicted molar refractivity (Wildman–Crippen MR) is 139 cm³/mol. The molecule has 0 fully saturated rings. The highest BCUT2D eigenvalue weighted by atomic mass is 32.2. The van der Waals surface area contributed by atoms with Gasteiger partial charge in [-0.25, -0.2) is 0 Å². The number of phenols is 2. The van der Waals surface area contributed by atoms with Gasteiger partial charge in [-0.15, -0.1) is 23.5 Å². The van der Waals surface area contributed by atoms with Gasteiger partial charge >= 0.3 is 0 Å². The summed E-state index contributed by atoms with van der Waals surface area (Å²) < 4.78 is 0. The van der Waals surface area contributed by atoms with Gasteiger partial charge in [0.15, 0.2) is 11.5 Å². The van der Waals surface area contributed by atoms with Crippen LogP contribution in [0.3, 0.4) is 0 Å². The summed E-state index contributed by atoms with van der Waals surface area (Å²) in [5.41, 5.74) is 16.7. The molecule has 0 bridgehead atoms. The van der Waals surface area contributed by atoms with Crippen LogP contribution in [0.2, 0.25) is 0 Å². The highest BCUT2D eigenvalue weighted by molar-refractivity contribution is 7.99. The number of hydrogen-bond acceptors (Lipinski definition) is 6. The Balaban J connectivity index is 2.10. The smallest absolute Gasteiger partial charge is 0.152 e. The third-order valence-corrected chi connectivity index (χ3v) is 7.90. The molecular weight excluding hydrogens is 436 g/mol. The van der Waals surface area contributed by atoms with Crippen LogP contribution in [0.5, 0.6) is 11.5 Å². The zero-order valence-electron chi connectivity index (χ0n) is 19.5. The summed E-state index contributed by atoms with van der Waals surface area (Å²) in [7, 11) is 0. The average Bonchev–Trinajstić information content (AvgIpc) is 2.77. The Kier molecular flexibility index (Phi) is 6.68. The fourth-order valence-corrected chi connectivity index (χ4v) is 5.03. The van der Waals surface area contributed by atoms with Crippen LogP contribution >= 0.6 is 23.5 Å². The first-order valence-electron chi connectivity index (χ1n) is 10.4. The molecule has 0 aliphatic heterocycles. The summed E-state index contributed by atoms with van der Waals surface area (Å²) in [5.74, 6) is 0.280. The quantitative estimate of drug-likeness (QED) is 0.191. The van der Waals surface area contributed by atoms with Crippen LogP contribution in [-0.2, 0) is 10.8 Å². The normalized spacial score (nSPS) is 12.2. The van der Waals surface area contributed by atoms with Gasteiger partial charge in [0.1, 0.15) is 0 Å². The molecule has 4 nitrogen and oxygen atoms in total. The van der Waals surface area contributed by atoms with Gasteiger partial charge in [0.05, 0.1) is 21.2 Å². The number of phenolic OH excluding ortho intramolecular Hbond substituents is 2. The van der Waals surface area contributed by atoms with Gasteiger partial charge in [-0.3, -0.25) is 0 Å². The number of nitrogen functional groups attached to an aromatic ring is 2. The highest BCUT2D eigenvalue weighted by Gasteiger charge is 2.29. The molecule has 3 aromatic rings. The number of rotatable bonds is 6. The Morgan fingerprint density at radius 2 is 1.00 bits per heavy atom. The minimum absolute atomic E-state index is 0.140. The van der Waals surface area contributed by atoms with E-state index in [2.05, 4.69) is 52.0 Å². The van der Waals surface area contributed by atoms with E-state index in [1.54, 1.807) is 0 Å². The molecule has 6 N–H and O–H groups in total. The second-order valence-electron chi connectivity index (χ2n) is 9.06. The van der Waals surface area contributed by atoms with E-state index in [4.69, 9.17) is 11.5 Å². The summed E-state index contributed by atoms with van der Waals surface area (Å²) in [6.45, 7) is 8.66. The van der Waals surface area contributed by atoms with Crippen LogP contribution in [0, 0.1) is 0 Å². The maximum absolute atomic E-state index is 10.2. The Bertz CT molecular complexity index is 1070. The molecule has 170 valence electrons. The van der Waals surface area contributed by atoms with Crippen molar-refractivity contribution in [3.8, 4) is 11.5 Å². The van der Waals surface area contributed by atoms with E-state index >= 15 is 0 Å². The van der Waals surface area contributed by atoms with E-state index in [1.165, 1.54) is 23.5 Å². The first-order chi connectivity index (χ1) is 14.9. The van der Waals surface area contributed by atoms with Crippen molar-refractivity contribution in [1.29, 1.82) is 0 Å². The summed E-state index contributed by atoms with van der Waals surface area (Å²) in [5, 5.41) is 20.5. The number of benzene rings is 3. The summed E-state index contributed by atoms with van der Waals surface area (Å²) in [4.78, 5) is 1.54. The molecule has 0 unspecified atom stereocenters. The Morgan fingerprint density at radius 3 is 1.34 bits per heavy atom. The topological polar surface area (TPSA) is 92.5 Å². The van der Waals surface area contributed by atoms with E-state index in [1.807, 2.05) is 36.8 Å². The zero-order valence-corrected chi connectivity index (χ0v) is 21.1. The lowest BCUT2D eigenvalue weighted by Crippen LogP contribution is -2.23. The molecule has 0 aliphatic carbocycles. The molecule has 3 rings (SSSR count). The Hall–Kier alpha value is -2.44. The fourth-order valence-electron chi connectivity index (χ4n) is 3.92. The van der Waals surface area contributed by atoms with E-state index in [9.17, 15) is 10.2 Å². The zero-order chi connectivity index (χ0) is 23.8. The van der Waals surface area contributed by atoms with Gasteiger partial charge in [0.25, 0.3) is 0 Å². The van der Waals surface area contributed by atoms with Crippen molar-refractivity contribution in [2.45, 2.75) is 48.3 Å². The highest BCUT2D eigenvalue weighted by Crippen LogP contribution is 2.43. The van der Waals surface area contributed by atoms with Crippen LogP contribution in [0.1, 0.15) is 49.9 Å². The largest absolute Gasteiger partial charge is 0.505 e. The maximum Gasteiger partial charge on any atom is 0.152 e. The second kappa shape index (κ2) is 8.83. The number of aromatic hydroxyl groups is 2. The van der Waals surface area contributed by atoms with Gasteiger partial charge < -0.3 is 21.7 Å². The van der Waals surface area contributed by atoms with Gasteiger partial charge in [-0.2, -0.15) is 0 Å². The van der Waals surface area contributed by atoms with Crippen molar-refractivity contribution in [2.24, 2.45) is 0 Å². The van der Waals surface area contributed by atoms with Crippen molar-refractivity contribution in [2.75, 3.05) is 24.0 Å². The number of nitrogens with two attached hydrogens (primary N) is 2. The summed E-state index contributed by atoms with van der Waals surface area (Å²) in [6.07, 6.45) is 3.86. The fraction of sp³-hybridized carbons (Fsp3) is 0.308. The molecule has 3 aromatic carbocycles. The molecule has 0 radical (unpaired) electrons. The lowest BCUT2D eigenvalue weighted by molar-refractivity contribution is 0.463. The van der Waals surface area contributed by atoms with E-state index in [-0.39, 0.29) is 22.3 Å². The SMILES string of the molecule is CSc1cc(C(C)(C)c2cccc(C(C)(C)c3cc(N)c(O)c(SC)c3)c2)cc(N)c1O. The average molecular weight is 469 g/mol. The van der Waals surface area contributed by atoms with Crippen molar-refractivity contribution in [1.82, 2.24) is 0 Å². The summed E-state index contributed by atoms with van der Waals surface area (Å²) >= 11 is 2.96. The van der Waals surface area contributed by atoms with Gasteiger partial charge in [0.2, 0.25) is 0 Å². The molecule has 6 heteroatoms. The number of anilines is 2. The Labute approximate surface area is 199 Å².